The second kappa shape index (κ2) is 8.53. The lowest BCUT2D eigenvalue weighted by Gasteiger charge is -2.24. The molecule has 6 rings (SSSR count). The fourth-order valence-electron chi connectivity index (χ4n) is 5.67. The molecule has 4 heterocycles. The van der Waals surface area contributed by atoms with Gasteiger partial charge in [0.15, 0.2) is 0 Å². The van der Waals surface area contributed by atoms with Gasteiger partial charge in [-0.2, -0.15) is 0 Å². The van der Waals surface area contributed by atoms with E-state index in [1.807, 2.05) is 38.1 Å². The van der Waals surface area contributed by atoms with Gasteiger partial charge in [0.25, 0.3) is 5.91 Å². The molecule has 2 aromatic heterocycles. The summed E-state index contributed by atoms with van der Waals surface area (Å²) in [4.78, 5) is 28.8. The van der Waals surface area contributed by atoms with Crippen molar-refractivity contribution in [1.82, 2.24) is 24.4 Å². The van der Waals surface area contributed by atoms with E-state index in [9.17, 15) is 4.79 Å². The van der Waals surface area contributed by atoms with Crippen molar-refractivity contribution in [2.75, 3.05) is 6.98 Å². The largest absolute Gasteiger partial charge is 0.331 e. The molecule has 2 aliphatic rings. The Morgan fingerprint density at radius 3 is 2.62 bits per heavy atom. The Labute approximate surface area is 221 Å². The average Bonchev–Trinajstić information content (AvgIpc) is 3.45. The van der Waals surface area contributed by atoms with Crippen molar-refractivity contribution in [2.24, 2.45) is 5.73 Å². The number of hydrogen-bond acceptors (Lipinski definition) is 5. The summed E-state index contributed by atoms with van der Waals surface area (Å²) in [6.07, 6.45) is 5.47. The van der Waals surface area contributed by atoms with Crippen LogP contribution in [0.1, 0.15) is 89.4 Å². The lowest BCUT2D eigenvalue weighted by molar-refractivity contribution is 0.0734. The van der Waals surface area contributed by atoms with E-state index in [2.05, 4.69) is 26.4 Å². The van der Waals surface area contributed by atoms with Crippen LogP contribution in [0, 0.1) is 11.8 Å². The van der Waals surface area contributed by atoms with Gasteiger partial charge in [-0.3, -0.25) is 4.79 Å². The lowest BCUT2D eigenvalue weighted by atomic mass is 9.93. The van der Waals surface area contributed by atoms with Gasteiger partial charge in [0.1, 0.15) is 11.6 Å². The zero-order valence-corrected chi connectivity index (χ0v) is 21.1. The van der Waals surface area contributed by atoms with E-state index in [1.165, 1.54) is 0 Å². The molecule has 7 nitrogen and oxygen atoms in total. The highest BCUT2D eigenvalue weighted by molar-refractivity contribution is 5.98. The van der Waals surface area contributed by atoms with Gasteiger partial charge in [0.05, 0.1) is 28.7 Å². The number of benzene rings is 2. The van der Waals surface area contributed by atoms with Crippen molar-refractivity contribution in [3.05, 3.63) is 77.1 Å². The van der Waals surface area contributed by atoms with Crippen LogP contribution in [-0.4, -0.2) is 37.3 Å². The van der Waals surface area contributed by atoms with E-state index in [-0.39, 0.29) is 6.04 Å². The SMILES string of the molecule is [2H]C([2H])([2H])N1C(=O)c2cccc(C#CC)c2[C@H]2C[C@@H]1c1nc3ccc(-c4cnc(C(N)(CC)CC)nc4)cc3n12. The van der Waals surface area contributed by atoms with E-state index in [0.717, 1.165) is 51.0 Å². The van der Waals surface area contributed by atoms with Crippen LogP contribution in [0.3, 0.4) is 0 Å². The molecule has 2 aliphatic heterocycles. The normalized spacial score (nSPS) is 19.8. The Hall–Kier alpha value is -4.02. The first-order valence-electron chi connectivity index (χ1n) is 14.1. The number of aromatic nitrogens is 4. The monoisotopic (exact) mass is 493 g/mol. The quantitative estimate of drug-likeness (QED) is 0.406. The minimum atomic E-state index is -2.63. The number of amides is 1. The summed E-state index contributed by atoms with van der Waals surface area (Å²) in [6.45, 7) is 3.18. The summed E-state index contributed by atoms with van der Waals surface area (Å²) in [7, 11) is 0. The van der Waals surface area contributed by atoms with Crippen molar-refractivity contribution < 1.29 is 8.91 Å². The number of fused-ring (bicyclic) bond motifs is 9. The zero-order valence-electron chi connectivity index (χ0n) is 24.1. The molecule has 7 heteroatoms. The highest BCUT2D eigenvalue weighted by Gasteiger charge is 2.44. The van der Waals surface area contributed by atoms with Gasteiger partial charge < -0.3 is 15.2 Å². The third-order valence-corrected chi connectivity index (χ3v) is 7.93. The van der Waals surface area contributed by atoms with Crippen LogP contribution in [0.15, 0.2) is 48.8 Å². The Morgan fingerprint density at radius 1 is 1.14 bits per heavy atom. The number of carbonyl (C=O) groups is 1. The first-order chi connectivity index (χ1) is 19.1. The van der Waals surface area contributed by atoms with Gasteiger partial charge in [0, 0.05) is 52.2 Å². The second-order valence-corrected chi connectivity index (χ2v) is 9.79. The van der Waals surface area contributed by atoms with E-state index in [0.29, 0.717) is 23.6 Å². The predicted molar refractivity (Wildman–Crippen MR) is 144 cm³/mol. The van der Waals surface area contributed by atoms with Crippen LogP contribution >= 0.6 is 0 Å². The van der Waals surface area contributed by atoms with Crippen LogP contribution in [0.5, 0.6) is 0 Å². The van der Waals surface area contributed by atoms with Crippen LogP contribution in [0.4, 0.5) is 0 Å². The molecule has 0 fully saturated rings. The van der Waals surface area contributed by atoms with E-state index in [1.54, 1.807) is 31.5 Å². The first-order valence-corrected chi connectivity index (χ1v) is 12.6. The van der Waals surface area contributed by atoms with Crippen LogP contribution < -0.4 is 5.73 Å². The molecule has 0 radical (unpaired) electrons. The predicted octanol–water partition coefficient (Wildman–Crippen LogP) is 4.96. The Morgan fingerprint density at radius 2 is 1.92 bits per heavy atom. The molecule has 0 saturated heterocycles. The molecule has 0 unspecified atom stereocenters. The minimum absolute atomic E-state index is 0.297. The smallest absolute Gasteiger partial charge is 0.254 e. The Balaban J connectivity index is 1.54. The third-order valence-electron chi connectivity index (χ3n) is 7.93. The number of hydrogen-bond donors (Lipinski definition) is 1. The molecule has 1 amide bonds. The lowest BCUT2D eigenvalue weighted by Crippen LogP contribution is -2.37. The molecule has 37 heavy (non-hydrogen) atoms. The van der Waals surface area contributed by atoms with Crippen LogP contribution in [0.25, 0.3) is 22.2 Å². The number of carbonyl (C=O) groups excluding carboxylic acids is 1. The molecule has 2 bridgehead atoms. The van der Waals surface area contributed by atoms with Gasteiger partial charge in [-0.15, -0.1) is 5.92 Å². The van der Waals surface area contributed by atoms with Crippen molar-refractivity contribution in [2.45, 2.75) is 57.7 Å². The Bertz CT molecular complexity index is 1710. The molecule has 2 N–H and O–H groups in total. The van der Waals surface area contributed by atoms with Crippen molar-refractivity contribution in [1.29, 1.82) is 0 Å². The molecule has 0 spiro atoms. The van der Waals surface area contributed by atoms with Crippen molar-refractivity contribution in [3.63, 3.8) is 0 Å². The fraction of sp³-hybridized carbons (Fsp3) is 0.333. The number of rotatable bonds is 4. The summed E-state index contributed by atoms with van der Waals surface area (Å²) in [5, 5.41) is 0. The van der Waals surface area contributed by atoms with Crippen LogP contribution in [0.2, 0.25) is 0 Å². The molecular weight excluding hydrogens is 460 g/mol. The summed E-state index contributed by atoms with van der Waals surface area (Å²) in [6, 6.07) is 10.3. The van der Waals surface area contributed by atoms with Crippen molar-refractivity contribution >= 4 is 16.9 Å². The number of nitrogens with two attached hydrogens (primary N) is 1. The summed E-state index contributed by atoms with van der Waals surface area (Å²) < 4.78 is 26.8. The number of imidazole rings is 1. The van der Waals surface area contributed by atoms with Gasteiger partial charge in [-0.05, 0) is 49.6 Å². The average molecular weight is 494 g/mol. The minimum Gasteiger partial charge on any atom is -0.331 e. The van der Waals surface area contributed by atoms with Gasteiger partial charge in [0.2, 0.25) is 0 Å². The Kier molecular flexibility index (Phi) is 4.63. The van der Waals surface area contributed by atoms with E-state index >= 15 is 0 Å². The molecule has 0 aliphatic carbocycles. The standard InChI is InChI=1S/C30H30N6O/c1-5-9-18-10-8-11-21-26(18)24-15-25(35(4)28(21)37)27-34-22-13-12-19(14-23(22)36(24)27)20-16-32-29(33-17-20)30(31,6-2)7-3/h8,10-14,16-17,24-25H,6-7,15,31H2,1-4H3/t24-,25-/m1/s1/i4D3. The molecular formula is C30H30N6O. The fourth-order valence-corrected chi connectivity index (χ4v) is 5.67. The summed E-state index contributed by atoms with van der Waals surface area (Å²) >= 11 is 0. The van der Waals surface area contributed by atoms with Gasteiger partial charge in [-0.1, -0.05) is 31.9 Å². The maximum absolute atomic E-state index is 13.7. The topological polar surface area (TPSA) is 89.9 Å². The molecule has 186 valence electrons. The molecule has 2 aromatic carbocycles. The first kappa shape index (κ1) is 20.1. The number of nitrogens with zero attached hydrogens (tertiary/aromatic N) is 5. The van der Waals surface area contributed by atoms with Crippen molar-refractivity contribution in [3.8, 4) is 23.0 Å². The maximum Gasteiger partial charge on any atom is 0.254 e. The molecule has 4 aromatic rings. The summed E-state index contributed by atoms with van der Waals surface area (Å²) in [5.41, 5.74) is 11.1. The highest BCUT2D eigenvalue weighted by atomic mass is 16.2. The maximum atomic E-state index is 13.7. The summed E-state index contributed by atoms with van der Waals surface area (Å²) in [5.74, 6) is 6.74. The molecule has 2 atom stereocenters. The third kappa shape index (κ3) is 3.40. The highest BCUT2D eigenvalue weighted by Crippen LogP contribution is 2.48. The van der Waals surface area contributed by atoms with Crippen LogP contribution in [-0.2, 0) is 5.54 Å². The second-order valence-electron chi connectivity index (χ2n) is 9.79. The van der Waals surface area contributed by atoms with E-state index in [4.69, 9.17) is 14.8 Å². The van der Waals surface area contributed by atoms with E-state index < -0.39 is 24.5 Å². The van der Waals surface area contributed by atoms with Gasteiger partial charge in [-0.25, -0.2) is 15.0 Å². The van der Waals surface area contributed by atoms with Gasteiger partial charge >= 0.3 is 0 Å². The zero-order chi connectivity index (χ0) is 28.4. The molecule has 0 saturated carbocycles.